The first-order valence-corrected chi connectivity index (χ1v) is 5.51. The molecular weight excluding hydrogens is 198 g/mol. The molecule has 14 heavy (non-hydrogen) atoms. The highest BCUT2D eigenvalue weighted by Gasteiger charge is 2.30. The molecule has 0 aromatic carbocycles. The Morgan fingerprint density at radius 2 is 2.50 bits per heavy atom. The lowest BCUT2D eigenvalue weighted by Gasteiger charge is -2.21. The largest absolute Gasteiger partial charge is 0.408 e. The number of nitrogens with two attached hydrogens (primary N) is 1. The molecule has 1 aliphatic rings. The van der Waals surface area contributed by atoms with Crippen molar-refractivity contribution in [3.05, 3.63) is 22.4 Å². The summed E-state index contributed by atoms with van der Waals surface area (Å²) in [6, 6.07) is 2.52. The second-order valence-electron chi connectivity index (χ2n) is 3.45. The summed E-state index contributed by atoms with van der Waals surface area (Å²) in [6.07, 6.45) is 2.28. The van der Waals surface area contributed by atoms with E-state index in [0.29, 0.717) is 6.04 Å². The Balaban J connectivity index is 2.04. The fourth-order valence-electron chi connectivity index (χ4n) is 1.42. The molecule has 2 rings (SSSR count). The number of hydrogen-bond donors (Lipinski definition) is 2. The second kappa shape index (κ2) is 3.88. The van der Waals surface area contributed by atoms with Gasteiger partial charge in [-0.25, -0.2) is 0 Å². The molecule has 0 spiro atoms. The van der Waals surface area contributed by atoms with Crippen LogP contribution < -0.4 is 5.73 Å². The fraction of sp³-hybridized carbons (Fsp3) is 0.444. The van der Waals surface area contributed by atoms with Gasteiger partial charge in [-0.3, -0.25) is 0 Å². The van der Waals surface area contributed by atoms with Crippen LogP contribution in [-0.4, -0.2) is 22.1 Å². The van der Waals surface area contributed by atoms with Gasteiger partial charge < -0.3 is 15.8 Å². The predicted octanol–water partition coefficient (Wildman–Crippen LogP) is 1.42. The van der Waals surface area contributed by atoms with Gasteiger partial charge in [0.15, 0.2) is 0 Å². The van der Waals surface area contributed by atoms with Gasteiger partial charge in [-0.15, -0.1) is 0 Å². The molecule has 0 atom stereocenters. The minimum atomic E-state index is 0.221. The van der Waals surface area contributed by atoms with Crippen molar-refractivity contribution in [2.24, 2.45) is 10.9 Å². The van der Waals surface area contributed by atoms with Gasteiger partial charge in [0.05, 0.1) is 0 Å². The molecule has 5 heteroatoms. The topological polar surface area (TPSA) is 61.9 Å². The van der Waals surface area contributed by atoms with Gasteiger partial charge in [-0.1, -0.05) is 5.16 Å². The predicted molar refractivity (Wildman–Crippen MR) is 56.3 cm³/mol. The fourth-order valence-corrected chi connectivity index (χ4v) is 2.08. The van der Waals surface area contributed by atoms with E-state index in [9.17, 15) is 0 Å². The molecule has 0 radical (unpaired) electrons. The van der Waals surface area contributed by atoms with Crippen molar-refractivity contribution < 1.29 is 5.21 Å². The van der Waals surface area contributed by atoms with Crippen LogP contribution in [-0.2, 0) is 6.54 Å². The molecule has 0 bridgehead atoms. The first kappa shape index (κ1) is 9.33. The summed E-state index contributed by atoms with van der Waals surface area (Å²) in [7, 11) is 0. The summed E-state index contributed by atoms with van der Waals surface area (Å²) < 4.78 is 0. The van der Waals surface area contributed by atoms with Crippen molar-refractivity contribution in [2.75, 3.05) is 0 Å². The molecule has 1 fully saturated rings. The summed E-state index contributed by atoms with van der Waals surface area (Å²) in [6.45, 7) is 0.740. The van der Waals surface area contributed by atoms with Crippen LogP contribution >= 0.6 is 11.3 Å². The maximum absolute atomic E-state index is 8.63. The first-order valence-electron chi connectivity index (χ1n) is 4.56. The molecular formula is C9H13N3OS. The standard InChI is InChI=1S/C9H13N3OS/c10-9(11-13)12(8-1-2-8)5-7-3-4-14-6-7/h3-4,6,8,13H,1-2,5H2,(H2,10,11). The van der Waals surface area contributed by atoms with Crippen LogP contribution in [0.3, 0.4) is 0 Å². The lowest BCUT2D eigenvalue weighted by atomic mass is 10.3. The summed E-state index contributed by atoms with van der Waals surface area (Å²) >= 11 is 1.66. The third-order valence-corrected chi connectivity index (χ3v) is 3.05. The van der Waals surface area contributed by atoms with E-state index in [-0.39, 0.29) is 5.96 Å². The van der Waals surface area contributed by atoms with E-state index >= 15 is 0 Å². The van der Waals surface area contributed by atoms with E-state index in [1.54, 1.807) is 11.3 Å². The molecule has 1 heterocycles. The van der Waals surface area contributed by atoms with Gasteiger partial charge >= 0.3 is 0 Å². The monoisotopic (exact) mass is 211 g/mol. The molecule has 4 nitrogen and oxygen atoms in total. The Labute approximate surface area is 86.6 Å². The Morgan fingerprint density at radius 3 is 3.00 bits per heavy atom. The van der Waals surface area contributed by atoms with Crippen LogP contribution in [0.4, 0.5) is 0 Å². The number of rotatable bonds is 3. The second-order valence-corrected chi connectivity index (χ2v) is 4.23. The van der Waals surface area contributed by atoms with Crippen molar-refractivity contribution in [1.29, 1.82) is 0 Å². The smallest absolute Gasteiger partial charge is 0.233 e. The average molecular weight is 211 g/mol. The maximum Gasteiger partial charge on any atom is 0.233 e. The van der Waals surface area contributed by atoms with Gasteiger partial charge in [-0.2, -0.15) is 11.3 Å². The number of nitrogens with zero attached hydrogens (tertiary/aromatic N) is 2. The van der Waals surface area contributed by atoms with E-state index in [4.69, 9.17) is 10.9 Å². The van der Waals surface area contributed by atoms with E-state index in [0.717, 1.165) is 19.4 Å². The number of thiophene rings is 1. The van der Waals surface area contributed by atoms with Gasteiger partial charge in [0.1, 0.15) is 0 Å². The molecule has 1 aliphatic carbocycles. The Hall–Kier alpha value is -1.23. The van der Waals surface area contributed by atoms with Crippen molar-refractivity contribution >= 4 is 17.3 Å². The number of guanidine groups is 1. The van der Waals surface area contributed by atoms with Crippen LogP contribution in [0.25, 0.3) is 0 Å². The Kier molecular flexibility index (Phi) is 2.58. The van der Waals surface area contributed by atoms with E-state index < -0.39 is 0 Å². The summed E-state index contributed by atoms with van der Waals surface area (Å²) in [4.78, 5) is 1.95. The zero-order valence-corrected chi connectivity index (χ0v) is 8.57. The zero-order chi connectivity index (χ0) is 9.97. The minimum Gasteiger partial charge on any atom is -0.408 e. The normalized spacial score (nSPS) is 17.0. The highest BCUT2D eigenvalue weighted by atomic mass is 32.1. The van der Waals surface area contributed by atoms with Crippen LogP contribution in [0.1, 0.15) is 18.4 Å². The van der Waals surface area contributed by atoms with Crippen LogP contribution in [0.2, 0.25) is 0 Å². The van der Waals surface area contributed by atoms with Gasteiger partial charge in [-0.05, 0) is 35.2 Å². The molecule has 0 amide bonds. The van der Waals surface area contributed by atoms with Gasteiger partial charge in [0, 0.05) is 12.6 Å². The molecule has 0 aliphatic heterocycles. The molecule has 1 aromatic rings. The van der Waals surface area contributed by atoms with Crippen LogP contribution in [0, 0.1) is 0 Å². The van der Waals surface area contributed by atoms with Crippen molar-refractivity contribution in [1.82, 2.24) is 4.90 Å². The molecule has 76 valence electrons. The summed E-state index contributed by atoms with van der Waals surface area (Å²) in [5.74, 6) is 0.221. The first-order chi connectivity index (χ1) is 6.81. The zero-order valence-electron chi connectivity index (χ0n) is 7.76. The highest BCUT2D eigenvalue weighted by Crippen LogP contribution is 2.28. The number of oxime groups is 1. The highest BCUT2D eigenvalue weighted by molar-refractivity contribution is 7.07. The molecule has 3 N–H and O–H groups in total. The maximum atomic E-state index is 8.63. The van der Waals surface area contributed by atoms with Crippen molar-refractivity contribution in [2.45, 2.75) is 25.4 Å². The van der Waals surface area contributed by atoms with Gasteiger partial charge in [0.2, 0.25) is 5.96 Å². The minimum absolute atomic E-state index is 0.221. The molecule has 0 saturated heterocycles. The Morgan fingerprint density at radius 1 is 1.71 bits per heavy atom. The number of hydrogen-bond acceptors (Lipinski definition) is 3. The van der Waals surface area contributed by atoms with Crippen molar-refractivity contribution in [3.63, 3.8) is 0 Å². The summed E-state index contributed by atoms with van der Waals surface area (Å²) in [5.41, 5.74) is 6.82. The lowest BCUT2D eigenvalue weighted by molar-refractivity contribution is 0.293. The third-order valence-electron chi connectivity index (χ3n) is 2.32. The molecule has 1 saturated carbocycles. The van der Waals surface area contributed by atoms with Gasteiger partial charge in [0.25, 0.3) is 0 Å². The quantitative estimate of drug-likeness (QED) is 0.344. The third kappa shape index (κ3) is 1.98. The van der Waals surface area contributed by atoms with Crippen LogP contribution in [0.5, 0.6) is 0 Å². The van der Waals surface area contributed by atoms with E-state index in [2.05, 4.69) is 16.6 Å². The van der Waals surface area contributed by atoms with E-state index in [1.807, 2.05) is 10.3 Å². The van der Waals surface area contributed by atoms with E-state index in [1.165, 1.54) is 5.56 Å². The van der Waals surface area contributed by atoms with Crippen molar-refractivity contribution in [3.8, 4) is 0 Å². The molecule has 1 aromatic heterocycles. The summed E-state index contributed by atoms with van der Waals surface area (Å²) in [5, 5.41) is 15.8. The lowest BCUT2D eigenvalue weighted by Crippen LogP contribution is -2.38. The molecule has 0 unspecified atom stereocenters. The Bertz CT molecular complexity index is 319. The SMILES string of the molecule is NC(=NO)N(Cc1ccsc1)C1CC1. The average Bonchev–Trinajstić information content (AvgIpc) is 2.92. The van der Waals surface area contributed by atoms with Crippen LogP contribution in [0.15, 0.2) is 22.0 Å².